The fourth-order valence-electron chi connectivity index (χ4n) is 2.20. The second kappa shape index (κ2) is 5.38. The Bertz CT molecular complexity index is 811. The molecule has 0 fully saturated rings. The average molecular weight is 284 g/mol. The molecular weight excluding hydrogens is 271 g/mol. The first kappa shape index (κ1) is 13.3. The lowest BCUT2D eigenvalue weighted by Gasteiger charge is -2.08. The number of para-hydroxylation sites is 1. The maximum Gasteiger partial charge on any atom is 0.272 e. The number of carbonyl (C=O) groups is 1. The van der Waals surface area contributed by atoms with Gasteiger partial charge in [0.2, 0.25) is 0 Å². The third-order valence-corrected chi connectivity index (χ3v) is 3.26. The molecule has 5 heteroatoms. The van der Waals surface area contributed by atoms with E-state index in [4.69, 9.17) is 0 Å². The predicted octanol–water partition coefficient (Wildman–Crippen LogP) is 3.05. The summed E-state index contributed by atoms with van der Waals surface area (Å²) >= 11 is 0. The first-order chi connectivity index (χ1) is 10.2. The lowest BCUT2D eigenvalue weighted by Crippen LogP contribution is -2.13. The Morgan fingerprint density at radius 3 is 2.81 bits per heavy atom. The molecule has 0 saturated heterocycles. The summed E-state index contributed by atoms with van der Waals surface area (Å²) in [6.45, 7) is -0.158. The van der Waals surface area contributed by atoms with E-state index in [1.165, 1.54) is 12.1 Å². The van der Waals surface area contributed by atoms with Crippen molar-refractivity contribution in [2.24, 2.45) is 0 Å². The van der Waals surface area contributed by atoms with Crippen molar-refractivity contribution in [1.29, 1.82) is 0 Å². The Kier molecular flexibility index (Phi) is 3.41. The van der Waals surface area contributed by atoms with E-state index in [9.17, 15) is 14.3 Å². The summed E-state index contributed by atoms with van der Waals surface area (Å²) in [4.78, 5) is 15.2. The topological polar surface area (TPSA) is 65.1 Å². The van der Waals surface area contributed by atoms with Crippen molar-refractivity contribution in [3.8, 4) is 0 Å². The highest BCUT2D eigenvalue weighted by Gasteiger charge is 2.11. The number of anilines is 1. The van der Waals surface area contributed by atoms with Crippen molar-refractivity contribution < 1.29 is 14.3 Å². The molecule has 0 aliphatic heterocycles. The van der Waals surface area contributed by atoms with Gasteiger partial charge in [-0.15, -0.1) is 0 Å². The molecule has 0 aliphatic rings. The minimum Gasteiger partial charge on any atom is -0.392 e. The zero-order chi connectivity index (χ0) is 14.8. The van der Waals surface area contributed by atoms with Crippen LogP contribution in [0.3, 0.4) is 0 Å². The fourth-order valence-corrected chi connectivity index (χ4v) is 2.20. The molecule has 0 spiro atoms. The largest absolute Gasteiger partial charge is 0.392 e. The Labute approximate surface area is 120 Å². The molecule has 0 atom stereocenters. The Morgan fingerprint density at radius 1 is 1.19 bits per heavy atom. The third-order valence-electron chi connectivity index (χ3n) is 3.26. The maximum atomic E-state index is 13.2. The summed E-state index contributed by atoms with van der Waals surface area (Å²) < 4.78 is 13.2. The zero-order valence-corrected chi connectivity index (χ0v) is 11.1. The van der Waals surface area contributed by atoms with Gasteiger partial charge in [0.05, 0.1) is 6.61 Å². The first-order valence-electron chi connectivity index (χ1n) is 6.46. The Hall–Kier alpha value is -2.66. The molecule has 1 amide bonds. The summed E-state index contributed by atoms with van der Waals surface area (Å²) in [5.74, 6) is -0.688. The highest BCUT2D eigenvalue weighted by Crippen LogP contribution is 2.19. The van der Waals surface area contributed by atoms with Crippen LogP contribution >= 0.6 is 0 Å². The number of hydrogen-bond acceptors (Lipinski definition) is 2. The lowest BCUT2D eigenvalue weighted by atomic mass is 10.2. The summed E-state index contributed by atoms with van der Waals surface area (Å²) in [7, 11) is 0. The van der Waals surface area contributed by atoms with Crippen molar-refractivity contribution in [3.63, 3.8) is 0 Å². The molecule has 3 rings (SSSR count). The van der Waals surface area contributed by atoms with Gasteiger partial charge in [0, 0.05) is 22.2 Å². The van der Waals surface area contributed by atoms with Crippen LogP contribution in [0.4, 0.5) is 10.1 Å². The van der Waals surface area contributed by atoms with E-state index in [0.717, 1.165) is 0 Å². The number of amides is 1. The number of aromatic nitrogens is 1. The number of hydrogen-bond donors (Lipinski definition) is 3. The summed E-state index contributed by atoms with van der Waals surface area (Å²) in [5, 5.41) is 12.6. The fraction of sp³-hybridized carbons (Fsp3) is 0.0625. The monoisotopic (exact) mass is 284 g/mol. The molecule has 21 heavy (non-hydrogen) atoms. The number of carbonyl (C=O) groups excluding carboxylic acids is 1. The van der Waals surface area contributed by atoms with Crippen molar-refractivity contribution in [2.45, 2.75) is 6.61 Å². The normalized spacial score (nSPS) is 10.8. The van der Waals surface area contributed by atoms with Gasteiger partial charge in [-0.3, -0.25) is 4.79 Å². The van der Waals surface area contributed by atoms with E-state index in [2.05, 4.69) is 10.3 Å². The highest BCUT2D eigenvalue weighted by atomic mass is 19.1. The van der Waals surface area contributed by atoms with Gasteiger partial charge in [-0.25, -0.2) is 4.39 Å². The number of benzene rings is 2. The van der Waals surface area contributed by atoms with Gasteiger partial charge in [0.1, 0.15) is 11.5 Å². The highest BCUT2D eigenvalue weighted by molar-refractivity contribution is 6.06. The van der Waals surface area contributed by atoms with Gasteiger partial charge in [0.25, 0.3) is 5.91 Å². The number of nitrogens with one attached hydrogen (secondary N) is 2. The quantitative estimate of drug-likeness (QED) is 0.692. The van der Waals surface area contributed by atoms with E-state index < -0.39 is 0 Å². The molecular formula is C16H13FN2O2. The lowest BCUT2D eigenvalue weighted by molar-refractivity contribution is 0.102. The number of rotatable bonds is 3. The average Bonchev–Trinajstić information content (AvgIpc) is 2.91. The number of H-pyrrole nitrogens is 1. The van der Waals surface area contributed by atoms with E-state index >= 15 is 0 Å². The van der Waals surface area contributed by atoms with Gasteiger partial charge in [-0.05, 0) is 30.3 Å². The molecule has 106 valence electrons. The molecule has 1 aromatic heterocycles. The molecule has 0 aliphatic carbocycles. The number of fused-ring (bicyclic) bond motifs is 1. The van der Waals surface area contributed by atoms with Crippen LogP contribution < -0.4 is 5.32 Å². The first-order valence-corrected chi connectivity index (χ1v) is 6.46. The van der Waals surface area contributed by atoms with Crippen molar-refractivity contribution in [1.82, 2.24) is 4.98 Å². The van der Waals surface area contributed by atoms with Gasteiger partial charge < -0.3 is 15.4 Å². The van der Waals surface area contributed by atoms with E-state index in [0.29, 0.717) is 27.8 Å². The summed E-state index contributed by atoms with van der Waals surface area (Å²) in [6.07, 6.45) is 0. The van der Waals surface area contributed by atoms with Crippen LogP contribution in [0.1, 0.15) is 16.1 Å². The molecule has 2 aromatic carbocycles. The number of halogens is 1. The van der Waals surface area contributed by atoms with Crippen LogP contribution in [0.2, 0.25) is 0 Å². The standard InChI is InChI=1S/C16H13FN2O2/c17-12-5-6-14-11(7-12)8-15(18-14)16(21)19-13-4-2-1-3-10(13)9-20/h1-8,18,20H,9H2,(H,19,21). The summed E-state index contributed by atoms with van der Waals surface area (Å²) in [5.41, 5.74) is 2.21. The van der Waals surface area contributed by atoms with Crippen molar-refractivity contribution in [3.05, 3.63) is 65.6 Å². The van der Waals surface area contributed by atoms with Crippen LogP contribution in [-0.2, 0) is 6.61 Å². The molecule has 1 heterocycles. The van der Waals surface area contributed by atoms with Crippen LogP contribution in [0.25, 0.3) is 10.9 Å². The molecule has 3 aromatic rings. The van der Waals surface area contributed by atoms with Gasteiger partial charge in [0.15, 0.2) is 0 Å². The van der Waals surface area contributed by atoms with E-state index in [1.807, 2.05) is 0 Å². The van der Waals surface area contributed by atoms with Gasteiger partial charge in [-0.1, -0.05) is 18.2 Å². The Morgan fingerprint density at radius 2 is 2.00 bits per heavy atom. The predicted molar refractivity (Wildman–Crippen MR) is 78.6 cm³/mol. The van der Waals surface area contributed by atoms with Crippen molar-refractivity contribution >= 4 is 22.5 Å². The number of aromatic amines is 1. The van der Waals surface area contributed by atoms with E-state index in [-0.39, 0.29) is 18.3 Å². The molecule has 0 radical (unpaired) electrons. The zero-order valence-electron chi connectivity index (χ0n) is 11.1. The third kappa shape index (κ3) is 2.64. The molecule has 4 nitrogen and oxygen atoms in total. The number of aliphatic hydroxyl groups excluding tert-OH is 1. The molecule has 0 saturated carbocycles. The van der Waals surface area contributed by atoms with Crippen LogP contribution in [-0.4, -0.2) is 16.0 Å². The van der Waals surface area contributed by atoms with Crippen LogP contribution in [0, 0.1) is 5.82 Å². The molecule has 0 unspecified atom stereocenters. The van der Waals surface area contributed by atoms with Crippen molar-refractivity contribution in [2.75, 3.05) is 5.32 Å². The second-order valence-electron chi connectivity index (χ2n) is 4.68. The molecule has 3 N–H and O–H groups in total. The second-order valence-corrected chi connectivity index (χ2v) is 4.68. The van der Waals surface area contributed by atoms with Gasteiger partial charge in [-0.2, -0.15) is 0 Å². The van der Waals surface area contributed by atoms with Crippen LogP contribution in [0.15, 0.2) is 48.5 Å². The minimum absolute atomic E-state index is 0.158. The van der Waals surface area contributed by atoms with E-state index in [1.54, 1.807) is 36.4 Å². The van der Waals surface area contributed by atoms with Crippen LogP contribution in [0.5, 0.6) is 0 Å². The minimum atomic E-state index is -0.348. The molecule has 0 bridgehead atoms. The SMILES string of the molecule is O=C(Nc1ccccc1CO)c1cc2cc(F)ccc2[nH]1. The number of aliphatic hydroxyl groups is 1. The Balaban J connectivity index is 1.90. The smallest absolute Gasteiger partial charge is 0.272 e. The van der Waals surface area contributed by atoms with Gasteiger partial charge >= 0.3 is 0 Å². The summed E-state index contributed by atoms with van der Waals surface area (Å²) in [6, 6.07) is 12.9. The maximum absolute atomic E-state index is 13.2.